The van der Waals surface area contributed by atoms with Crippen LogP contribution in [0.15, 0.2) is 12.4 Å². The molecular weight excluding hydrogens is 202 g/mol. The van der Waals surface area contributed by atoms with Crippen molar-refractivity contribution in [3.63, 3.8) is 0 Å². The largest absolute Gasteiger partial charge is 0.473 e. The molecule has 0 bridgehead atoms. The molecule has 0 unspecified atom stereocenters. The Hall–Kier alpha value is -1.26. The molecule has 1 aliphatic rings. The van der Waals surface area contributed by atoms with E-state index in [0.717, 1.165) is 12.1 Å². The number of hydrogen-bond donors (Lipinski definition) is 0. The SMILES string of the molecule is CCc1cnc(OC2CC(F)(F)C2)cn1. The lowest BCUT2D eigenvalue weighted by Gasteiger charge is -2.34. The van der Waals surface area contributed by atoms with Gasteiger partial charge in [-0.2, -0.15) is 0 Å². The summed E-state index contributed by atoms with van der Waals surface area (Å²) in [7, 11) is 0. The Balaban J connectivity index is 1.89. The van der Waals surface area contributed by atoms with Crippen LogP contribution in [0.2, 0.25) is 0 Å². The van der Waals surface area contributed by atoms with Gasteiger partial charge in [0, 0.05) is 12.8 Å². The maximum atomic E-state index is 12.5. The van der Waals surface area contributed by atoms with Gasteiger partial charge in [0.1, 0.15) is 6.10 Å². The third kappa shape index (κ3) is 2.40. The van der Waals surface area contributed by atoms with Gasteiger partial charge >= 0.3 is 0 Å². The molecule has 82 valence electrons. The zero-order valence-electron chi connectivity index (χ0n) is 8.41. The average Bonchev–Trinajstić information content (AvgIpc) is 2.16. The number of rotatable bonds is 3. The minimum atomic E-state index is -2.55. The minimum Gasteiger partial charge on any atom is -0.473 e. The summed E-state index contributed by atoms with van der Waals surface area (Å²) < 4.78 is 30.2. The third-order valence-electron chi connectivity index (χ3n) is 2.38. The second-order valence-corrected chi connectivity index (χ2v) is 3.70. The van der Waals surface area contributed by atoms with E-state index in [1.807, 2.05) is 6.92 Å². The Morgan fingerprint density at radius 3 is 2.60 bits per heavy atom. The van der Waals surface area contributed by atoms with Crippen molar-refractivity contribution < 1.29 is 13.5 Å². The zero-order valence-corrected chi connectivity index (χ0v) is 8.41. The smallest absolute Gasteiger partial charge is 0.255 e. The van der Waals surface area contributed by atoms with Crippen LogP contribution in [0.4, 0.5) is 8.78 Å². The van der Waals surface area contributed by atoms with Gasteiger partial charge in [-0.1, -0.05) is 6.92 Å². The molecule has 0 aliphatic heterocycles. The zero-order chi connectivity index (χ0) is 10.9. The number of aromatic nitrogens is 2. The molecule has 0 spiro atoms. The first kappa shape index (κ1) is 10.3. The Morgan fingerprint density at radius 2 is 2.13 bits per heavy atom. The van der Waals surface area contributed by atoms with Crippen LogP contribution in [0.5, 0.6) is 5.88 Å². The van der Waals surface area contributed by atoms with Crippen LogP contribution < -0.4 is 4.74 Å². The average molecular weight is 214 g/mol. The van der Waals surface area contributed by atoms with Crippen molar-refractivity contribution in [2.45, 2.75) is 38.2 Å². The van der Waals surface area contributed by atoms with E-state index in [2.05, 4.69) is 9.97 Å². The molecule has 1 aliphatic carbocycles. The lowest BCUT2D eigenvalue weighted by Crippen LogP contribution is -2.43. The van der Waals surface area contributed by atoms with E-state index in [-0.39, 0.29) is 12.8 Å². The lowest BCUT2D eigenvalue weighted by atomic mass is 9.91. The molecule has 15 heavy (non-hydrogen) atoms. The molecule has 0 N–H and O–H groups in total. The summed E-state index contributed by atoms with van der Waals surface area (Å²) in [4.78, 5) is 8.06. The fourth-order valence-electron chi connectivity index (χ4n) is 1.45. The molecule has 0 aromatic carbocycles. The molecule has 1 fully saturated rings. The summed E-state index contributed by atoms with van der Waals surface area (Å²) in [6.07, 6.45) is 3.03. The summed E-state index contributed by atoms with van der Waals surface area (Å²) in [6.45, 7) is 1.97. The number of hydrogen-bond acceptors (Lipinski definition) is 3. The number of ether oxygens (including phenoxy) is 1. The molecule has 1 aromatic rings. The minimum absolute atomic E-state index is 0.218. The van der Waals surface area contributed by atoms with Crippen LogP contribution in [0.25, 0.3) is 0 Å². The molecule has 2 rings (SSSR count). The summed E-state index contributed by atoms with van der Waals surface area (Å²) in [5.74, 6) is -2.23. The molecule has 1 heterocycles. The quantitative estimate of drug-likeness (QED) is 0.773. The molecule has 0 radical (unpaired) electrons. The topological polar surface area (TPSA) is 35.0 Å². The predicted molar refractivity (Wildman–Crippen MR) is 50.0 cm³/mol. The summed E-state index contributed by atoms with van der Waals surface area (Å²) in [5.41, 5.74) is 0.862. The van der Waals surface area contributed by atoms with E-state index >= 15 is 0 Å². The first-order chi connectivity index (χ1) is 7.09. The van der Waals surface area contributed by atoms with Gasteiger partial charge in [0.15, 0.2) is 0 Å². The van der Waals surface area contributed by atoms with Gasteiger partial charge in [-0.15, -0.1) is 0 Å². The lowest BCUT2D eigenvalue weighted by molar-refractivity contribution is -0.135. The fourth-order valence-corrected chi connectivity index (χ4v) is 1.45. The number of halogens is 2. The van der Waals surface area contributed by atoms with E-state index in [0.29, 0.717) is 5.88 Å². The Kier molecular flexibility index (Phi) is 2.54. The Bertz CT molecular complexity index is 332. The van der Waals surface area contributed by atoms with Gasteiger partial charge in [-0.3, -0.25) is 4.98 Å². The molecule has 1 saturated carbocycles. The molecule has 0 amide bonds. The molecule has 5 heteroatoms. The van der Waals surface area contributed by atoms with E-state index in [4.69, 9.17) is 4.74 Å². The normalized spacial score (nSPS) is 19.7. The van der Waals surface area contributed by atoms with Crippen molar-refractivity contribution in [2.75, 3.05) is 0 Å². The highest BCUT2D eigenvalue weighted by Crippen LogP contribution is 2.39. The van der Waals surface area contributed by atoms with E-state index < -0.39 is 12.0 Å². The van der Waals surface area contributed by atoms with Gasteiger partial charge in [0.05, 0.1) is 18.1 Å². The standard InChI is InChI=1S/C10H12F2N2O/c1-2-7-5-14-9(6-13-7)15-8-3-10(11,12)4-8/h5-6,8H,2-4H2,1H3. The van der Waals surface area contributed by atoms with Gasteiger partial charge < -0.3 is 4.74 Å². The van der Waals surface area contributed by atoms with Crippen LogP contribution in [0.1, 0.15) is 25.5 Å². The maximum Gasteiger partial charge on any atom is 0.255 e. The number of alkyl halides is 2. The van der Waals surface area contributed by atoms with Crippen LogP contribution in [-0.2, 0) is 6.42 Å². The van der Waals surface area contributed by atoms with Gasteiger partial charge in [-0.25, -0.2) is 13.8 Å². The summed E-state index contributed by atoms with van der Waals surface area (Å²) in [6, 6.07) is 0. The summed E-state index contributed by atoms with van der Waals surface area (Å²) in [5, 5.41) is 0. The number of nitrogens with zero attached hydrogens (tertiary/aromatic N) is 2. The molecule has 0 saturated heterocycles. The maximum absolute atomic E-state index is 12.5. The molecular formula is C10H12F2N2O. The Morgan fingerprint density at radius 1 is 1.40 bits per heavy atom. The van der Waals surface area contributed by atoms with Gasteiger partial charge in [-0.05, 0) is 6.42 Å². The predicted octanol–water partition coefficient (Wildman–Crippen LogP) is 2.22. The van der Waals surface area contributed by atoms with Gasteiger partial charge in [0.25, 0.3) is 5.92 Å². The van der Waals surface area contributed by atoms with E-state index in [9.17, 15) is 8.78 Å². The van der Waals surface area contributed by atoms with E-state index in [1.165, 1.54) is 6.20 Å². The fraction of sp³-hybridized carbons (Fsp3) is 0.600. The first-order valence-electron chi connectivity index (χ1n) is 4.94. The van der Waals surface area contributed by atoms with Crippen molar-refractivity contribution >= 4 is 0 Å². The van der Waals surface area contributed by atoms with Crippen molar-refractivity contribution in [3.05, 3.63) is 18.1 Å². The Labute approximate surface area is 86.5 Å². The van der Waals surface area contributed by atoms with Crippen molar-refractivity contribution in [3.8, 4) is 5.88 Å². The van der Waals surface area contributed by atoms with Crippen LogP contribution in [0.3, 0.4) is 0 Å². The van der Waals surface area contributed by atoms with Gasteiger partial charge in [0.2, 0.25) is 5.88 Å². The third-order valence-corrected chi connectivity index (χ3v) is 2.38. The van der Waals surface area contributed by atoms with Crippen molar-refractivity contribution in [2.24, 2.45) is 0 Å². The highest BCUT2D eigenvalue weighted by Gasteiger charge is 2.47. The molecule has 1 aromatic heterocycles. The number of aryl methyl sites for hydroxylation is 1. The highest BCUT2D eigenvalue weighted by molar-refractivity contribution is 5.08. The first-order valence-corrected chi connectivity index (χ1v) is 4.94. The molecule has 3 nitrogen and oxygen atoms in total. The molecule has 0 atom stereocenters. The second-order valence-electron chi connectivity index (χ2n) is 3.70. The highest BCUT2D eigenvalue weighted by atomic mass is 19.3. The van der Waals surface area contributed by atoms with Crippen LogP contribution >= 0.6 is 0 Å². The van der Waals surface area contributed by atoms with Crippen LogP contribution in [0, 0.1) is 0 Å². The summed E-state index contributed by atoms with van der Waals surface area (Å²) >= 11 is 0. The monoisotopic (exact) mass is 214 g/mol. The van der Waals surface area contributed by atoms with Crippen molar-refractivity contribution in [1.29, 1.82) is 0 Å². The van der Waals surface area contributed by atoms with E-state index in [1.54, 1.807) is 6.20 Å². The van der Waals surface area contributed by atoms with Crippen molar-refractivity contribution in [1.82, 2.24) is 9.97 Å². The second kappa shape index (κ2) is 3.72. The van der Waals surface area contributed by atoms with Crippen LogP contribution in [-0.4, -0.2) is 22.0 Å².